The van der Waals surface area contributed by atoms with E-state index in [1.807, 2.05) is 0 Å². The minimum atomic E-state index is -0.295. The van der Waals surface area contributed by atoms with Crippen LogP contribution in [0.3, 0.4) is 0 Å². The Morgan fingerprint density at radius 1 is 1.31 bits per heavy atom. The zero-order valence-corrected chi connectivity index (χ0v) is 10.7. The van der Waals surface area contributed by atoms with Crippen molar-refractivity contribution < 1.29 is 9.53 Å². The Balaban J connectivity index is 3.34. The molecule has 0 aliphatic rings. The van der Waals surface area contributed by atoms with Crippen LogP contribution in [0.25, 0.3) is 0 Å². The first kappa shape index (κ1) is 15.1. The van der Waals surface area contributed by atoms with Gasteiger partial charge in [-0.05, 0) is 19.8 Å². The number of carbonyl (C=O) groups excluding carboxylic acids is 1. The van der Waals surface area contributed by atoms with Crippen molar-refractivity contribution in [2.75, 3.05) is 26.2 Å². The van der Waals surface area contributed by atoms with E-state index in [0.717, 1.165) is 32.5 Å². The van der Waals surface area contributed by atoms with Gasteiger partial charge in [0.1, 0.15) is 0 Å². The lowest BCUT2D eigenvalue weighted by molar-refractivity contribution is -0.139. The van der Waals surface area contributed by atoms with Crippen molar-refractivity contribution in [1.82, 2.24) is 10.4 Å². The van der Waals surface area contributed by atoms with E-state index in [9.17, 15) is 4.79 Å². The lowest BCUT2D eigenvalue weighted by Gasteiger charge is -2.19. The van der Waals surface area contributed by atoms with E-state index in [0.29, 0.717) is 12.2 Å². The molecule has 0 aliphatic carbocycles. The van der Waals surface area contributed by atoms with Crippen LogP contribution in [0.15, 0.2) is 12.2 Å². The largest absolute Gasteiger partial charge is 0.462 e. The number of rotatable bonds is 9. The quantitative estimate of drug-likeness (QED) is 0.282. The summed E-state index contributed by atoms with van der Waals surface area (Å²) >= 11 is 0. The Morgan fingerprint density at radius 3 is 2.44 bits per heavy atom. The summed E-state index contributed by atoms with van der Waals surface area (Å²) in [6.45, 7) is 12.8. The Labute approximate surface area is 98.6 Å². The summed E-state index contributed by atoms with van der Waals surface area (Å²) in [5.74, 6) is -0.295. The second kappa shape index (κ2) is 9.36. The van der Waals surface area contributed by atoms with E-state index >= 15 is 0 Å². The minimum Gasteiger partial charge on any atom is -0.462 e. The molecule has 0 aromatic heterocycles. The molecule has 1 N–H and O–H groups in total. The van der Waals surface area contributed by atoms with E-state index in [2.05, 4.69) is 30.9 Å². The van der Waals surface area contributed by atoms with Gasteiger partial charge in [-0.25, -0.2) is 9.80 Å². The van der Waals surface area contributed by atoms with Crippen molar-refractivity contribution in [2.45, 2.75) is 33.6 Å². The van der Waals surface area contributed by atoms with Crippen LogP contribution in [0.4, 0.5) is 0 Å². The van der Waals surface area contributed by atoms with E-state index < -0.39 is 0 Å². The van der Waals surface area contributed by atoms with Crippen molar-refractivity contribution in [1.29, 1.82) is 0 Å². The van der Waals surface area contributed by atoms with Gasteiger partial charge in [0.25, 0.3) is 0 Å². The fourth-order valence-corrected chi connectivity index (χ4v) is 1.20. The van der Waals surface area contributed by atoms with Gasteiger partial charge in [0.15, 0.2) is 0 Å². The van der Waals surface area contributed by atoms with Gasteiger partial charge in [-0.15, -0.1) is 0 Å². The molecular weight excluding hydrogens is 204 g/mol. The summed E-state index contributed by atoms with van der Waals surface area (Å²) < 4.78 is 4.98. The van der Waals surface area contributed by atoms with E-state index in [1.54, 1.807) is 6.92 Å². The number of hydrogen-bond acceptors (Lipinski definition) is 4. The van der Waals surface area contributed by atoms with Crippen molar-refractivity contribution in [2.24, 2.45) is 0 Å². The number of esters is 1. The predicted molar refractivity (Wildman–Crippen MR) is 65.9 cm³/mol. The molecule has 0 amide bonds. The number of hydrogen-bond donors (Lipinski definition) is 1. The fraction of sp³-hybridized carbons (Fsp3) is 0.750. The van der Waals surface area contributed by atoms with Crippen LogP contribution in [0.5, 0.6) is 0 Å². The summed E-state index contributed by atoms with van der Waals surface area (Å²) in [5, 5.41) is 2.15. The highest BCUT2D eigenvalue weighted by atomic mass is 16.5. The Bertz CT molecular complexity index is 213. The maximum atomic E-state index is 11.0. The van der Waals surface area contributed by atoms with Crippen molar-refractivity contribution in [3.63, 3.8) is 0 Å². The molecule has 0 aromatic rings. The van der Waals surface area contributed by atoms with E-state index in [-0.39, 0.29) is 5.97 Å². The normalized spacial score (nSPS) is 10.5. The molecule has 0 atom stereocenters. The molecule has 0 saturated carbocycles. The van der Waals surface area contributed by atoms with Crippen LogP contribution in [-0.2, 0) is 9.53 Å². The molecule has 4 heteroatoms. The van der Waals surface area contributed by atoms with Crippen LogP contribution in [0.1, 0.15) is 33.6 Å². The lowest BCUT2D eigenvalue weighted by atomic mass is 10.3. The standard InChI is InChI=1S/C12H24N2O2/c1-5-14(6-2)13-9-7-8-10-16-12(15)11(3)4/h13H,3,5-10H2,1-2,4H3. The van der Waals surface area contributed by atoms with Gasteiger partial charge in [-0.3, -0.25) is 5.43 Å². The Kier molecular flexibility index (Phi) is 8.85. The molecule has 0 radical (unpaired) electrons. The van der Waals surface area contributed by atoms with E-state index in [4.69, 9.17) is 4.74 Å². The third kappa shape index (κ3) is 7.43. The number of carbonyl (C=O) groups is 1. The average Bonchev–Trinajstić information content (AvgIpc) is 2.27. The molecule has 0 unspecified atom stereocenters. The van der Waals surface area contributed by atoms with Crippen LogP contribution in [0.2, 0.25) is 0 Å². The van der Waals surface area contributed by atoms with Crippen molar-refractivity contribution in [3.05, 3.63) is 12.2 Å². The first-order valence-electron chi connectivity index (χ1n) is 5.92. The summed E-state index contributed by atoms with van der Waals surface area (Å²) in [4.78, 5) is 11.0. The number of nitrogens with zero attached hydrogens (tertiary/aromatic N) is 1. The van der Waals surface area contributed by atoms with Gasteiger partial charge in [0.05, 0.1) is 6.61 Å². The zero-order valence-electron chi connectivity index (χ0n) is 10.7. The third-order valence-corrected chi connectivity index (χ3v) is 2.25. The molecular formula is C12H24N2O2. The molecule has 0 aliphatic heterocycles. The highest BCUT2D eigenvalue weighted by molar-refractivity contribution is 5.86. The maximum absolute atomic E-state index is 11.0. The molecule has 16 heavy (non-hydrogen) atoms. The molecule has 0 fully saturated rings. The molecule has 4 nitrogen and oxygen atoms in total. The Hall–Kier alpha value is -0.870. The minimum absolute atomic E-state index is 0.295. The third-order valence-electron chi connectivity index (χ3n) is 2.25. The van der Waals surface area contributed by atoms with Crippen molar-refractivity contribution >= 4 is 5.97 Å². The molecule has 0 aromatic carbocycles. The van der Waals surface area contributed by atoms with Crippen LogP contribution in [-0.4, -0.2) is 37.2 Å². The van der Waals surface area contributed by atoms with Gasteiger partial charge in [0.2, 0.25) is 0 Å². The monoisotopic (exact) mass is 228 g/mol. The van der Waals surface area contributed by atoms with Crippen LogP contribution < -0.4 is 5.43 Å². The zero-order chi connectivity index (χ0) is 12.4. The highest BCUT2D eigenvalue weighted by Crippen LogP contribution is 1.95. The SMILES string of the molecule is C=C(C)C(=O)OCCCCNN(CC)CC. The summed E-state index contributed by atoms with van der Waals surface area (Å²) in [6, 6.07) is 0. The van der Waals surface area contributed by atoms with Crippen molar-refractivity contribution in [3.8, 4) is 0 Å². The number of unbranched alkanes of at least 4 members (excludes halogenated alkanes) is 1. The Morgan fingerprint density at radius 2 is 1.94 bits per heavy atom. The average molecular weight is 228 g/mol. The highest BCUT2D eigenvalue weighted by Gasteiger charge is 2.02. The summed E-state index contributed by atoms with van der Waals surface area (Å²) in [7, 11) is 0. The van der Waals surface area contributed by atoms with Gasteiger partial charge in [-0.2, -0.15) is 0 Å². The number of ether oxygens (including phenoxy) is 1. The molecule has 94 valence electrons. The first-order chi connectivity index (χ1) is 7.61. The first-order valence-corrected chi connectivity index (χ1v) is 5.92. The van der Waals surface area contributed by atoms with E-state index in [1.165, 1.54) is 0 Å². The fourth-order valence-electron chi connectivity index (χ4n) is 1.20. The second-order valence-corrected chi connectivity index (χ2v) is 3.70. The number of hydrazine groups is 1. The molecule has 0 spiro atoms. The van der Waals surface area contributed by atoms with Gasteiger partial charge < -0.3 is 4.74 Å². The van der Waals surface area contributed by atoms with Gasteiger partial charge >= 0.3 is 5.97 Å². The summed E-state index contributed by atoms with van der Waals surface area (Å²) in [5.41, 5.74) is 3.76. The molecule has 0 bridgehead atoms. The number of nitrogens with one attached hydrogen (secondary N) is 1. The second-order valence-electron chi connectivity index (χ2n) is 3.70. The summed E-state index contributed by atoms with van der Waals surface area (Å²) in [6.07, 6.45) is 1.88. The van der Waals surface area contributed by atoms with Crippen LogP contribution >= 0.6 is 0 Å². The smallest absolute Gasteiger partial charge is 0.333 e. The molecule has 0 saturated heterocycles. The lowest BCUT2D eigenvalue weighted by Crippen LogP contribution is -2.38. The molecule has 0 rings (SSSR count). The van der Waals surface area contributed by atoms with Crippen LogP contribution in [0, 0.1) is 0 Å². The predicted octanol–water partition coefficient (Wildman–Crippen LogP) is 1.73. The maximum Gasteiger partial charge on any atom is 0.333 e. The topological polar surface area (TPSA) is 41.6 Å². The van der Waals surface area contributed by atoms with Gasteiger partial charge in [0, 0.05) is 25.2 Å². The van der Waals surface area contributed by atoms with Gasteiger partial charge in [-0.1, -0.05) is 20.4 Å². The molecule has 0 heterocycles.